The van der Waals surface area contributed by atoms with Gasteiger partial charge in [0.15, 0.2) is 0 Å². The Morgan fingerprint density at radius 2 is 2.11 bits per heavy atom. The van der Waals surface area contributed by atoms with E-state index >= 15 is 0 Å². The molecule has 2 rings (SSSR count). The first kappa shape index (κ1) is 13.8. The average molecular weight is 265 g/mol. The third-order valence-electron chi connectivity index (χ3n) is 3.42. The standard InChI is InChI=1S/C13H19N3O3/c1-10-3-4-12(13(9-10)16(17)18)14-11-5-7-15(19-2)8-6-11/h3-4,9,11,14H,5-8H2,1-2H3. The van der Waals surface area contributed by atoms with Crippen LogP contribution in [0.1, 0.15) is 18.4 Å². The van der Waals surface area contributed by atoms with E-state index in [1.54, 1.807) is 19.2 Å². The van der Waals surface area contributed by atoms with E-state index in [-0.39, 0.29) is 16.7 Å². The zero-order chi connectivity index (χ0) is 13.8. The number of nitro groups is 1. The molecule has 19 heavy (non-hydrogen) atoms. The molecule has 1 fully saturated rings. The Kier molecular flexibility index (Phi) is 4.34. The number of nitro benzene ring substituents is 1. The van der Waals surface area contributed by atoms with Crippen molar-refractivity contribution < 1.29 is 9.76 Å². The van der Waals surface area contributed by atoms with E-state index in [0.717, 1.165) is 31.5 Å². The molecule has 6 heteroatoms. The minimum atomic E-state index is -0.334. The molecule has 1 aliphatic rings. The van der Waals surface area contributed by atoms with Gasteiger partial charge in [0.1, 0.15) is 5.69 Å². The van der Waals surface area contributed by atoms with Crippen LogP contribution in [-0.4, -0.2) is 36.2 Å². The lowest BCUT2D eigenvalue weighted by atomic mass is 10.1. The first-order chi connectivity index (χ1) is 9.10. The van der Waals surface area contributed by atoms with Gasteiger partial charge < -0.3 is 10.2 Å². The van der Waals surface area contributed by atoms with Crippen molar-refractivity contribution in [3.8, 4) is 0 Å². The first-order valence-corrected chi connectivity index (χ1v) is 6.41. The van der Waals surface area contributed by atoms with Gasteiger partial charge in [-0.1, -0.05) is 6.07 Å². The van der Waals surface area contributed by atoms with Gasteiger partial charge in [0, 0.05) is 25.2 Å². The predicted molar refractivity (Wildman–Crippen MR) is 73.1 cm³/mol. The number of benzene rings is 1. The highest BCUT2D eigenvalue weighted by molar-refractivity contribution is 5.63. The molecule has 0 spiro atoms. The van der Waals surface area contributed by atoms with E-state index < -0.39 is 0 Å². The van der Waals surface area contributed by atoms with Crippen LogP contribution in [0.25, 0.3) is 0 Å². The molecule has 0 amide bonds. The lowest BCUT2D eigenvalue weighted by Gasteiger charge is -2.30. The summed E-state index contributed by atoms with van der Waals surface area (Å²) in [4.78, 5) is 15.9. The maximum Gasteiger partial charge on any atom is 0.292 e. The van der Waals surface area contributed by atoms with Crippen molar-refractivity contribution in [3.63, 3.8) is 0 Å². The van der Waals surface area contributed by atoms with Crippen molar-refractivity contribution in [1.82, 2.24) is 5.06 Å². The Morgan fingerprint density at radius 3 is 2.68 bits per heavy atom. The largest absolute Gasteiger partial charge is 0.377 e. The molecule has 6 nitrogen and oxygen atoms in total. The summed E-state index contributed by atoms with van der Waals surface area (Å²) in [5, 5.41) is 16.2. The molecule has 0 radical (unpaired) electrons. The second-order valence-electron chi connectivity index (χ2n) is 4.81. The molecule has 1 saturated heterocycles. The normalized spacial score (nSPS) is 17.4. The van der Waals surface area contributed by atoms with Gasteiger partial charge in [-0.2, -0.15) is 5.06 Å². The number of anilines is 1. The van der Waals surface area contributed by atoms with Crippen LogP contribution in [0.15, 0.2) is 18.2 Å². The molecule has 104 valence electrons. The van der Waals surface area contributed by atoms with Gasteiger partial charge in [-0.05, 0) is 31.4 Å². The molecule has 1 aromatic carbocycles. The summed E-state index contributed by atoms with van der Waals surface area (Å²) in [5.41, 5.74) is 1.65. The Bertz CT molecular complexity index is 456. The van der Waals surface area contributed by atoms with Gasteiger partial charge in [-0.15, -0.1) is 0 Å². The number of nitrogens with one attached hydrogen (secondary N) is 1. The molecule has 1 aliphatic heterocycles. The van der Waals surface area contributed by atoms with Crippen LogP contribution in [0.5, 0.6) is 0 Å². The number of nitrogens with zero attached hydrogens (tertiary/aromatic N) is 2. The summed E-state index contributed by atoms with van der Waals surface area (Å²) in [5.74, 6) is 0. The molecule has 0 aliphatic carbocycles. The fourth-order valence-corrected chi connectivity index (χ4v) is 2.32. The molecule has 0 saturated carbocycles. The summed E-state index contributed by atoms with van der Waals surface area (Å²) in [7, 11) is 1.67. The minimum absolute atomic E-state index is 0.147. The number of hydroxylamine groups is 2. The van der Waals surface area contributed by atoms with Gasteiger partial charge in [-0.3, -0.25) is 10.1 Å². The molecule has 1 N–H and O–H groups in total. The van der Waals surface area contributed by atoms with Crippen molar-refractivity contribution in [2.24, 2.45) is 0 Å². The van der Waals surface area contributed by atoms with E-state index in [1.807, 2.05) is 18.1 Å². The molecular weight excluding hydrogens is 246 g/mol. The highest BCUT2D eigenvalue weighted by Gasteiger charge is 2.22. The Balaban J connectivity index is 2.05. The molecule has 0 unspecified atom stereocenters. The van der Waals surface area contributed by atoms with Crippen molar-refractivity contribution in [2.45, 2.75) is 25.8 Å². The fourth-order valence-electron chi connectivity index (χ4n) is 2.32. The number of rotatable bonds is 4. The van der Waals surface area contributed by atoms with E-state index in [0.29, 0.717) is 5.69 Å². The average Bonchev–Trinajstić information content (AvgIpc) is 2.41. The Morgan fingerprint density at radius 1 is 1.42 bits per heavy atom. The smallest absolute Gasteiger partial charge is 0.292 e. The van der Waals surface area contributed by atoms with Crippen molar-refractivity contribution in [1.29, 1.82) is 0 Å². The number of hydrogen-bond acceptors (Lipinski definition) is 5. The SMILES string of the molecule is CON1CCC(Nc2ccc(C)cc2[N+](=O)[O-])CC1. The van der Waals surface area contributed by atoms with Gasteiger partial charge in [0.05, 0.1) is 12.0 Å². The van der Waals surface area contributed by atoms with Gasteiger partial charge in [0.2, 0.25) is 0 Å². The lowest BCUT2D eigenvalue weighted by molar-refractivity contribution is -0.384. The topological polar surface area (TPSA) is 67.6 Å². The lowest BCUT2D eigenvalue weighted by Crippen LogP contribution is -2.38. The Labute approximate surface area is 112 Å². The first-order valence-electron chi connectivity index (χ1n) is 6.41. The molecule has 0 atom stereocenters. The highest BCUT2D eigenvalue weighted by Crippen LogP contribution is 2.27. The van der Waals surface area contributed by atoms with Crippen LogP contribution in [0.4, 0.5) is 11.4 Å². The monoisotopic (exact) mass is 265 g/mol. The van der Waals surface area contributed by atoms with E-state index in [1.165, 1.54) is 0 Å². The molecule has 1 heterocycles. The summed E-state index contributed by atoms with van der Waals surface area (Å²) in [6.07, 6.45) is 1.83. The predicted octanol–water partition coefficient (Wildman–Crippen LogP) is 2.34. The number of aryl methyl sites for hydroxylation is 1. The number of piperidine rings is 1. The van der Waals surface area contributed by atoms with Crippen LogP contribution >= 0.6 is 0 Å². The maximum atomic E-state index is 11.1. The van der Waals surface area contributed by atoms with E-state index in [4.69, 9.17) is 4.84 Å². The van der Waals surface area contributed by atoms with Crippen LogP contribution < -0.4 is 5.32 Å². The van der Waals surface area contributed by atoms with Crippen LogP contribution in [0.3, 0.4) is 0 Å². The molecule has 0 aromatic heterocycles. The molecule has 0 bridgehead atoms. The highest BCUT2D eigenvalue weighted by atomic mass is 16.7. The summed E-state index contributed by atoms with van der Waals surface area (Å²) in [6.45, 7) is 3.54. The number of hydrogen-bond donors (Lipinski definition) is 1. The second-order valence-corrected chi connectivity index (χ2v) is 4.81. The van der Waals surface area contributed by atoms with E-state index in [9.17, 15) is 10.1 Å². The van der Waals surface area contributed by atoms with Crippen LogP contribution in [0, 0.1) is 17.0 Å². The van der Waals surface area contributed by atoms with Gasteiger partial charge in [-0.25, -0.2) is 0 Å². The quantitative estimate of drug-likeness (QED) is 0.668. The van der Waals surface area contributed by atoms with Crippen LogP contribution in [0.2, 0.25) is 0 Å². The molecular formula is C13H19N3O3. The van der Waals surface area contributed by atoms with Gasteiger partial charge in [0.25, 0.3) is 5.69 Å². The third-order valence-corrected chi connectivity index (χ3v) is 3.42. The maximum absolute atomic E-state index is 11.1. The Hall–Kier alpha value is -1.66. The van der Waals surface area contributed by atoms with Gasteiger partial charge >= 0.3 is 0 Å². The van der Waals surface area contributed by atoms with Crippen molar-refractivity contribution >= 4 is 11.4 Å². The molecule has 1 aromatic rings. The summed E-state index contributed by atoms with van der Waals surface area (Å²) in [6, 6.07) is 5.54. The van der Waals surface area contributed by atoms with E-state index in [2.05, 4.69) is 5.32 Å². The minimum Gasteiger partial charge on any atom is -0.377 e. The zero-order valence-electron chi connectivity index (χ0n) is 11.3. The third kappa shape index (κ3) is 3.42. The van der Waals surface area contributed by atoms with Crippen LogP contribution in [-0.2, 0) is 4.84 Å². The zero-order valence-corrected chi connectivity index (χ0v) is 11.3. The summed E-state index contributed by atoms with van der Waals surface area (Å²) >= 11 is 0. The van der Waals surface area contributed by atoms with Crippen molar-refractivity contribution in [3.05, 3.63) is 33.9 Å². The summed E-state index contributed by atoms with van der Waals surface area (Å²) < 4.78 is 0. The second kappa shape index (κ2) is 5.99. The fraction of sp³-hybridized carbons (Fsp3) is 0.538. The van der Waals surface area contributed by atoms with Crippen molar-refractivity contribution in [2.75, 3.05) is 25.5 Å².